The van der Waals surface area contributed by atoms with Crippen LogP contribution in [0.3, 0.4) is 0 Å². The molecule has 2 atom stereocenters. The Morgan fingerprint density at radius 3 is 2.16 bits per heavy atom. The molecule has 0 bridgehead atoms. The van der Waals surface area contributed by atoms with Crippen molar-refractivity contribution in [2.75, 3.05) is 39.3 Å². The molecule has 2 fully saturated rings. The van der Waals surface area contributed by atoms with Crippen LogP contribution in [-0.2, 0) is 20.0 Å². The fourth-order valence-electron chi connectivity index (χ4n) is 3.67. The van der Waals surface area contributed by atoms with Crippen LogP contribution in [0.5, 0.6) is 0 Å². The van der Waals surface area contributed by atoms with Gasteiger partial charge in [0.25, 0.3) is 0 Å². The number of hydrogen-bond donors (Lipinski definition) is 1. The average Bonchev–Trinajstić information content (AvgIpc) is 3.18. The highest BCUT2D eigenvalue weighted by Crippen LogP contribution is 2.31. The standard InChI is InChI=1S/C16H25N3O4S2/c1-3-18(4-2)24(20,21)15-6-5-7-16(8-15)25(22,23)19-11-13-9-17-10-14(13)12-19/h5-8,13-14,17H,3-4,9-12H2,1-2H3/t13-,14+. The lowest BCUT2D eigenvalue weighted by atomic mass is 10.0. The van der Waals surface area contributed by atoms with E-state index in [2.05, 4.69) is 5.32 Å². The topological polar surface area (TPSA) is 86.8 Å². The van der Waals surface area contributed by atoms with Crippen molar-refractivity contribution in [3.8, 4) is 0 Å². The molecule has 1 N–H and O–H groups in total. The van der Waals surface area contributed by atoms with Crippen LogP contribution in [-0.4, -0.2) is 64.7 Å². The fourth-order valence-corrected chi connectivity index (χ4v) is 6.84. The summed E-state index contributed by atoms with van der Waals surface area (Å²) in [6.07, 6.45) is 0. The van der Waals surface area contributed by atoms with Crippen molar-refractivity contribution >= 4 is 20.0 Å². The average molecular weight is 388 g/mol. The highest BCUT2D eigenvalue weighted by Gasteiger charge is 2.41. The third-order valence-electron chi connectivity index (χ3n) is 5.14. The first kappa shape index (κ1) is 18.8. The van der Waals surface area contributed by atoms with E-state index in [0.717, 1.165) is 13.1 Å². The summed E-state index contributed by atoms with van der Waals surface area (Å²) in [4.78, 5) is 0.0759. The molecule has 2 heterocycles. The fraction of sp³-hybridized carbons (Fsp3) is 0.625. The Balaban J connectivity index is 1.91. The van der Waals surface area contributed by atoms with Crippen molar-refractivity contribution in [1.29, 1.82) is 0 Å². The molecular weight excluding hydrogens is 362 g/mol. The summed E-state index contributed by atoms with van der Waals surface area (Å²) < 4.78 is 54.0. The van der Waals surface area contributed by atoms with Gasteiger partial charge in [-0.2, -0.15) is 8.61 Å². The van der Waals surface area contributed by atoms with E-state index >= 15 is 0 Å². The van der Waals surface area contributed by atoms with Gasteiger partial charge in [0.2, 0.25) is 20.0 Å². The lowest BCUT2D eigenvalue weighted by Gasteiger charge is -2.20. The Kier molecular flexibility index (Phi) is 5.23. The van der Waals surface area contributed by atoms with Crippen molar-refractivity contribution in [3.05, 3.63) is 24.3 Å². The third-order valence-corrected chi connectivity index (χ3v) is 9.02. The zero-order valence-electron chi connectivity index (χ0n) is 14.6. The maximum Gasteiger partial charge on any atom is 0.243 e. The summed E-state index contributed by atoms with van der Waals surface area (Å²) in [6.45, 7) is 6.88. The molecule has 25 heavy (non-hydrogen) atoms. The van der Waals surface area contributed by atoms with Gasteiger partial charge in [0.1, 0.15) is 0 Å². The van der Waals surface area contributed by atoms with Crippen LogP contribution in [0.25, 0.3) is 0 Å². The van der Waals surface area contributed by atoms with Gasteiger partial charge in [-0.3, -0.25) is 0 Å². The second-order valence-corrected chi connectivity index (χ2v) is 10.4. The molecule has 7 nitrogen and oxygen atoms in total. The second-order valence-electron chi connectivity index (χ2n) is 6.56. The predicted octanol–water partition coefficient (Wildman–Crippen LogP) is 0.557. The van der Waals surface area contributed by atoms with E-state index in [4.69, 9.17) is 0 Å². The molecule has 0 aliphatic carbocycles. The van der Waals surface area contributed by atoms with E-state index in [1.807, 2.05) is 0 Å². The molecule has 2 aliphatic rings. The summed E-state index contributed by atoms with van der Waals surface area (Å²) in [7, 11) is -7.36. The number of nitrogens with zero attached hydrogens (tertiary/aromatic N) is 2. The molecule has 1 aromatic carbocycles. The molecule has 140 valence electrons. The van der Waals surface area contributed by atoms with Gasteiger partial charge in [0, 0.05) is 26.2 Å². The van der Waals surface area contributed by atoms with Crippen LogP contribution in [0.15, 0.2) is 34.1 Å². The molecule has 0 saturated carbocycles. The quantitative estimate of drug-likeness (QED) is 0.771. The lowest BCUT2D eigenvalue weighted by molar-refractivity contribution is 0.444. The zero-order chi connectivity index (χ0) is 18.2. The summed E-state index contributed by atoms with van der Waals surface area (Å²) in [6, 6.07) is 5.72. The van der Waals surface area contributed by atoms with Crippen LogP contribution in [0, 0.1) is 11.8 Å². The lowest BCUT2D eigenvalue weighted by Crippen LogP contribution is -2.33. The highest BCUT2D eigenvalue weighted by molar-refractivity contribution is 7.90. The Bertz CT molecular complexity index is 823. The maximum absolute atomic E-state index is 13.0. The summed E-state index contributed by atoms with van der Waals surface area (Å²) in [5.41, 5.74) is 0. The third kappa shape index (κ3) is 3.35. The normalized spacial score (nSPS) is 24.8. The summed E-state index contributed by atoms with van der Waals surface area (Å²) >= 11 is 0. The van der Waals surface area contributed by atoms with E-state index in [-0.39, 0.29) is 9.79 Å². The summed E-state index contributed by atoms with van der Waals surface area (Å²) in [5, 5.41) is 3.28. The Morgan fingerprint density at radius 2 is 1.60 bits per heavy atom. The van der Waals surface area contributed by atoms with Gasteiger partial charge < -0.3 is 5.32 Å². The second kappa shape index (κ2) is 6.96. The zero-order valence-corrected chi connectivity index (χ0v) is 16.2. The van der Waals surface area contributed by atoms with Crippen molar-refractivity contribution in [1.82, 2.24) is 13.9 Å². The highest BCUT2D eigenvalue weighted by atomic mass is 32.2. The van der Waals surface area contributed by atoms with Gasteiger partial charge in [-0.1, -0.05) is 19.9 Å². The van der Waals surface area contributed by atoms with E-state index in [0.29, 0.717) is 38.0 Å². The number of sulfonamides is 2. The largest absolute Gasteiger partial charge is 0.316 e. The Morgan fingerprint density at radius 1 is 1.04 bits per heavy atom. The molecule has 1 aromatic rings. The van der Waals surface area contributed by atoms with Gasteiger partial charge in [-0.15, -0.1) is 0 Å². The first-order valence-corrected chi connectivity index (χ1v) is 11.5. The minimum atomic E-state index is -3.68. The molecule has 0 unspecified atom stereocenters. The molecule has 9 heteroatoms. The van der Waals surface area contributed by atoms with Crippen molar-refractivity contribution in [2.24, 2.45) is 11.8 Å². The number of benzene rings is 1. The first-order valence-electron chi connectivity index (χ1n) is 8.61. The van der Waals surface area contributed by atoms with Gasteiger partial charge in [0.05, 0.1) is 9.79 Å². The molecular formula is C16H25N3O4S2. The molecule has 0 radical (unpaired) electrons. The van der Waals surface area contributed by atoms with Gasteiger partial charge >= 0.3 is 0 Å². The number of hydrogen-bond acceptors (Lipinski definition) is 5. The van der Waals surface area contributed by atoms with Gasteiger partial charge in [0.15, 0.2) is 0 Å². The molecule has 0 aromatic heterocycles. The van der Waals surface area contributed by atoms with E-state index in [1.54, 1.807) is 13.8 Å². The van der Waals surface area contributed by atoms with Crippen molar-refractivity contribution < 1.29 is 16.8 Å². The first-order chi connectivity index (χ1) is 11.8. The van der Waals surface area contributed by atoms with E-state index in [9.17, 15) is 16.8 Å². The van der Waals surface area contributed by atoms with E-state index < -0.39 is 20.0 Å². The summed E-state index contributed by atoms with van der Waals surface area (Å²) in [5.74, 6) is 0.690. The number of rotatable bonds is 6. The molecule has 2 aliphatic heterocycles. The van der Waals surface area contributed by atoms with Crippen molar-refractivity contribution in [2.45, 2.75) is 23.6 Å². The predicted molar refractivity (Wildman–Crippen MR) is 95.2 cm³/mol. The molecule has 2 saturated heterocycles. The van der Waals surface area contributed by atoms with Crippen molar-refractivity contribution in [3.63, 3.8) is 0 Å². The molecule has 0 spiro atoms. The minimum Gasteiger partial charge on any atom is -0.316 e. The van der Waals surface area contributed by atoms with Crippen LogP contribution in [0.1, 0.15) is 13.8 Å². The number of fused-ring (bicyclic) bond motifs is 1. The van der Waals surface area contributed by atoms with Gasteiger partial charge in [-0.05, 0) is 43.1 Å². The Hall–Kier alpha value is -1.00. The molecule has 0 amide bonds. The Labute approximate surface area is 150 Å². The monoisotopic (exact) mass is 387 g/mol. The van der Waals surface area contributed by atoms with E-state index in [1.165, 1.54) is 32.9 Å². The SMILES string of the molecule is CCN(CC)S(=O)(=O)c1cccc(S(=O)(=O)N2C[C@H]3CNC[C@H]3C2)c1. The smallest absolute Gasteiger partial charge is 0.243 e. The minimum absolute atomic E-state index is 0.0262. The maximum atomic E-state index is 13.0. The molecule has 3 rings (SSSR count). The number of nitrogens with one attached hydrogen (secondary N) is 1. The van der Waals surface area contributed by atoms with Crippen LogP contribution < -0.4 is 5.32 Å². The van der Waals surface area contributed by atoms with Crippen LogP contribution >= 0.6 is 0 Å². The van der Waals surface area contributed by atoms with Crippen LogP contribution in [0.2, 0.25) is 0 Å². The van der Waals surface area contributed by atoms with Crippen LogP contribution in [0.4, 0.5) is 0 Å². The van der Waals surface area contributed by atoms with Gasteiger partial charge in [-0.25, -0.2) is 16.8 Å².